The van der Waals surface area contributed by atoms with E-state index in [1.54, 1.807) is 0 Å². The lowest BCUT2D eigenvalue weighted by atomic mass is 10.1. The number of carbonyl (C=O) groups excluding carboxylic acids is 1. The van der Waals surface area contributed by atoms with Gasteiger partial charge in [-0.2, -0.15) is 45.3 Å². The number of hydrogen-bond donors (Lipinski definition) is 7. The first-order valence-electron chi connectivity index (χ1n) is 10.9. The smallest absolute Gasteiger partial charge is 0.316 e. The van der Waals surface area contributed by atoms with E-state index in [2.05, 4.69) is 35.8 Å². The summed E-state index contributed by atoms with van der Waals surface area (Å²) in [5, 5.41) is 11.3. The number of urea groups is 1. The van der Waals surface area contributed by atoms with Crippen molar-refractivity contribution < 1.29 is 43.7 Å². The van der Waals surface area contributed by atoms with Crippen LogP contribution in [0, 0.1) is 0 Å². The van der Waals surface area contributed by atoms with Crippen molar-refractivity contribution in [2.75, 3.05) is 16.4 Å². The summed E-state index contributed by atoms with van der Waals surface area (Å²) < 4.78 is 101. The van der Waals surface area contributed by atoms with E-state index in [9.17, 15) is 43.7 Å². The third kappa shape index (κ3) is 7.44. The quantitative estimate of drug-likeness (QED) is 0.104. The number of anilines is 4. The molecule has 9 N–H and O–H groups in total. The first-order chi connectivity index (χ1) is 19.8. The second kappa shape index (κ2) is 11.3. The molecule has 0 unspecified atom stereocenters. The molecule has 0 fully saturated rings. The van der Waals surface area contributed by atoms with E-state index in [1.165, 1.54) is 18.2 Å². The van der Waals surface area contributed by atoms with Gasteiger partial charge in [0.25, 0.3) is 30.4 Å². The van der Waals surface area contributed by atoms with Gasteiger partial charge in [0.2, 0.25) is 17.2 Å². The number of primary amides is 1. The van der Waals surface area contributed by atoms with E-state index in [-0.39, 0.29) is 34.2 Å². The number of amides is 2. The van der Waals surface area contributed by atoms with Gasteiger partial charge in [-0.15, -0.1) is 5.11 Å². The molecule has 1 heterocycles. The van der Waals surface area contributed by atoms with Crippen LogP contribution in [0.2, 0.25) is 5.28 Å². The Labute approximate surface area is 246 Å². The zero-order valence-corrected chi connectivity index (χ0v) is 23.9. The van der Waals surface area contributed by atoms with Crippen LogP contribution < -0.4 is 22.1 Å². The highest BCUT2D eigenvalue weighted by Gasteiger charge is 2.25. The van der Waals surface area contributed by atoms with Crippen LogP contribution in [0.5, 0.6) is 0 Å². The topological polar surface area (TPSA) is 320 Å². The molecule has 19 nitrogen and oxygen atoms in total. The standard InChI is InChI=1S/C20H16ClN9O10S3/c21-17-26-18(22)28-20(27-17)24-8-1-2-13(14(4-8)25-19(23)31)30-29-9-3-11-12(15(5-9)42(35,36)37)6-10(41(32,33)34)7-16(11)43(38,39)40/h1-7H,(H3,23,25,31)(H,32,33,34)(H,35,36,37)(H,38,39,40)(H3,22,24,26,27,28). The summed E-state index contributed by atoms with van der Waals surface area (Å²) in [5.74, 6) is -0.244. The molecule has 4 rings (SSSR count). The van der Waals surface area contributed by atoms with Crippen LogP contribution in [0.3, 0.4) is 0 Å². The Balaban J connectivity index is 1.87. The predicted molar refractivity (Wildman–Crippen MR) is 150 cm³/mol. The zero-order valence-electron chi connectivity index (χ0n) is 20.7. The van der Waals surface area contributed by atoms with Crippen LogP contribution >= 0.6 is 11.6 Å². The number of fused-ring (bicyclic) bond motifs is 1. The second-order valence-electron chi connectivity index (χ2n) is 8.22. The van der Waals surface area contributed by atoms with Gasteiger partial charge in [-0.05, 0) is 54.1 Å². The van der Waals surface area contributed by atoms with Crippen LogP contribution in [0.25, 0.3) is 10.8 Å². The van der Waals surface area contributed by atoms with Gasteiger partial charge in [0.15, 0.2) is 0 Å². The molecule has 0 aliphatic carbocycles. The lowest BCUT2D eigenvalue weighted by molar-refractivity contribution is 0.259. The zero-order chi connectivity index (χ0) is 31.9. The molecule has 226 valence electrons. The van der Waals surface area contributed by atoms with Gasteiger partial charge >= 0.3 is 6.03 Å². The first-order valence-corrected chi connectivity index (χ1v) is 15.6. The fourth-order valence-corrected chi connectivity index (χ4v) is 5.80. The fraction of sp³-hybridized carbons (Fsp3) is 0. The van der Waals surface area contributed by atoms with Crippen molar-refractivity contribution in [3.8, 4) is 0 Å². The van der Waals surface area contributed by atoms with Gasteiger partial charge in [-0.25, -0.2) is 4.79 Å². The molecule has 0 bridgehead atoms. The van der Waals surface area contributed by atoms with Crippen LogP contribution in [0.15, 0.2) is 67.4 Å². The van der Waals surface area contributed by atoms with Gasteiger partial charge in [0.1, 0.15) is 15.5 Å². The van der Waals surface area contributed by atoms with Crippen molar-refractivity contribution in [2.45, 2.75) is 14.7 Å². The summed E-state index contributed by atoms with van der Waals surface area (Å²) in [4.78, 5) is 19.6. The highest BCUT2D eigenvalue weighted by molar-refractivity contribution is 7.87. The number of benzene rings is 3. The number of nitrogens with two attached hydrogens (primary N) is 2. The average molecular weight is 674 g/mol. The first kappa shape index (κ1) is 31.4. The number of aromatic nitrogens is 3. The second-order valence-corrected chi connectivity index (χ2v) is 12.8. The van der Waals surface area contributed by atoms with Crippen LogP contribution in [0.1, 0.15) is 0 Å². The van der Waals surface area contributed by atoms with Gasteiger partial charge in [-0.3, -0.25) is 13.7 Å². The van der Waals surface area contributed by atoms with Crippen molar-refractivity contribution in [1.29, 1.82) is 0 Å². The minimum absolute atomic E-state index is 0.0541. The number of hydrogen-bond acceptors (Lipinski definition) is 14. The molecule has 1 aromatic heterocycles. The molecule has 0 atom stereocenters. The Morgan fingerprint density at radius 1 is 0.814 bits per heavy atom. The molecule has 0 radical (unpaired) electrons. The molecule has 3 aromatic carbocycles. The van der Waals surface area contributed by atoms with E-state index in [1.807, 2.05) is 0 Å². The van der Waals surface area contributed by atoms with Crippen molar-refractivity contribution >= 4 is 93.4 Å². The molecule has 23 heteroatoms. The fourth-order valence-electron chi connectivity index (χ4n) is 3.59. The summed E-state index contributed by atoms with van der Waals surface area (Å²) in [6.45, 7) is 0. The number of rotatable bonds is 8. The molecule has 0 aliphatic heterocycles. The highest BCUT2D eigenvalue weighted by atomic mass is 35.5. The maximum absolute atomic E-state index is 12.2. The molecular formula is C20H16ClN9O10S3. The predicted octanol–water partition coefficient (Wildman–Crippen LogP) is 2.65. The van der Waals surface area contributed by atoms with E-state index in [4.69, 9.17) is 23.1 Å². The van der Waals surface area contributed by atoms with Gasteiger partial charge in [0, 0.05) is 16.5 Å². The monoisotopic (exact) mass is 673 g/mol. The van der Waals surface area contributed by atoms with Crippen molar-refractivity contribution in [2.24, 2.45) is 16.0 Å². The average Bonchev–Trinajstić information content (AvgIpc) is 2.84. The number of nitrogens with zero attached hydrogens (tertiary/aromatic N) is 5. The van der Waals surface area contributed by atoms with Gasteiger partial charge in [-0.1, -0.05) is 0 Å². The number of azo groups is 1. The summed E-state index contributed by atoms with van der Waals surface area (Å²) in [6.07, 6.45) is 0. The number of carbonyl (C=O) groups is 1. The minimum atomic E-state index is -5.24. The molecule has 2 amide bonds. The number of nitrogen functional groups attached to an aromatic ring is 1. The molecule has 0 aliphatic rings. The van der Waals surface area contributed by atoms with E-state index in [0.717, 1.165) is 6.07 Å². The Morgan fingerprint density at radius 2 is 1.44 bits per heavy atom. The number of nitrogens with one attached hydrogen (secondary N) is 2. The molecule has 43 heavy (non-hydrogen) atoms. The van der Waals surface area contributed by atoms with Gasteiger partial charge in [0.05, 0.1) is 16.3 Å². The minimum Gasteiger partial charge on any atom is -0.368 e. The maximum atomic E-state index is 12.2. The number of halogens is 1. The Hall–Kier alpha value is -4.58. The summed E-state index contributed by atoms with van der Waals surface area (Å²) in [7, 11) is -15.5. The van der Waals surface area contributed by atoms with Crippen LogP contribution in [-0.2, 0) is 30.4 Å². The lowest BCUT2D eigenvalue weighted by Crippen LogP contribution is -2.19. The summed E-state index contributed by atoms with van der Waals surface area (Å²) in [6, 6.07) is 5.54. The summed E-state index contributed by atoms with van der Waals surface area (Å²) in [5.41, 5.74) is 10.5. The molecular weight excluding hydrogens is 658 g/mol. The highest BCUT2D eigenvalue weighted by Crippen LogP contribution is 2.37. The summed E-state index contributed by atoms with van der Waals surface area (Å²) >= 11 is 5.76. The van der Waals surface area contributed by atoms with Gasteiger partial charge < -0.3 is 22.1 Å². The lowest BCUT2D eigenvalue weighted by Gasteiger charge is -2.11. The van der Waals surface area contributed by atoms with Crippen LogP contribution in [0.4, 0.5) is 39.4 Å². The molecule has 0 saturated carbocycles. The molecule has 0 spiro atoms. The largest absolute Gasteiger partial charge is 0.368 e. The maximum Gasteiger partial charge on any atom is 0.316 e. The normalized spacial score (nSPS) is 12.5. The Kier molecular flexibility index (Phi) is 8.20. The third-order valence-corrected chi connectivity index (χ3v) is 8.00. The van der Waals surface area contributed by atoms with Crippen molar-refractivity contribution in [1.82, 2.24) is 15.0 Å². The SMILES string of the molecule is NC(=O)Nc1cc(Nc2nc(N)nc(Cl)n2)ccc1N=Nc1cc(S(=O)(=O)O)c2cc(S(=O)(=O)O)cc(S(=O)(=O)O)c2c1. The Bertz CT molecular complexity index is 2160. The molecule has 0 saturated heterocycles. The van der Waals surface area contributed by atoms with E-state index < -0.39 is 67.5 Å². The van der Waals surface area contributed by atoms with E-state index >= 15 is 0 Å². The van der Waals surface area contributed by atoms with Crippen molar-refractivity contribution in [3.63, 3.8) is 0 Å². The third-order valence-electron chi connectivity index (χ3n) is 5.22. The van der Waals surface area contributed by atoms with Crippen LogP contribution in [-0.4, -0.2) is 59.9 Å². The van der Waals surface area contributed by atoms with E-state index in [0.29, 0.717) is 18.2 Å². The molecule has 4 aromatic rings. The Morgan fingerprint density at radius 3 is 2.02 bits per heavy atom. The van der Waals surface area contributed by atoms with Crippen molar-refractivity contribution in [3.05, 3.63) is 47.7 Å².